The number of aromatic nitrogens is 1. The smallest absolute Gasteiger partial charge is 0.267 e. The standard InChI is InChI=1S/C23H31N3O2S/c1-5-6-11-20-24-17(4)21(29-20)22(27)25-19-10-8-7-9-18(19)23(28)26-13-15(2)12-16(3)14-26/h7-10,15-16H,5-6,11-14H2,1-4H3,(H,25,27). The number of unbranched alkanes of at least 4 members (excludes halogenated alkanes) is 1. The molecule has 0 aliphatic carbocycles. The highest BCUT2D eigenvalue weighted by molar-refractivity contribution is 7.13. The molecule has 0 bridgehead atoms. The van der Waals surface area contributed by atoms with Gasteiger partial charge in [-0.2, -0.15) is 0 Å². The summed E-state index contributed by atoms with van der Waals surface area (Å²) < 4.78 is 0. The van der Waals surface area contributed by atoms with Gasteiger partial charge in [-0.05, 0) is 50.2 Å². The fraction of sp³-hybridized carbons (Fsp3) is 0.522. The molecule has 1 saturated heterocycles. The number of amides is 2. The van der Waals surface area contributed by atoms with E-state index in [1.807, 2.05) is 24.0 Å². The lowest BCUT2D eigenvalue weighted by Crippen LogP contribution is -2.42. The highest BCUT2D eigenvalue weighted by Crippen LogP contribution is 2.26. The Morgan fingerprint density at radius 3 is 2.59 bits per heavy atom. The van der Waals surface area contributed by atoms with Gasteiger partial charge in [0, 0.05) is 13.1 Å². The summed E-state index contributed by atoms with van der Waals surface area (Å²) in [5, 5.41) is 3.96. The molecule has 1 aromatic carbocycles. The third-order valence-corrected chi connectivity index (χ3v) is 6.57. The van der Waals surface area contributed by atoms with E-state index in [1.54, 1.807) is 12.1 Å². The Labute approximate surface area is 177 Å². The zero-order valence-corrected chi connectivity index (χ0v) is 18.6. The molecular weight excluding hydrogens is 382 g/mol. The van der Waals surface area contributed by atoms with Gasteiger partial charge in [-0.15, -0.1) is 11.3 Å². The molecule has 0 spiro atoms. The second-order valence-electron chi connectivity index (χ2n) is 8.28. The molecule has 0 radical (unpaired) electrons. The van der Waals surface area contributed by atoms with E-state index in [2.05, 4.69) is 31.1 Å². The van der Waals surface area contributed by atoms with Crippen LogP contribution < -0.4 is 5.32 Å². The molecule has 156 valence electrons. The van der Waals surface area contributed by atoms with Gasteiger partial charge >= 0.3 is 0 Å². The molecule has 1 aromatic heterocycles. The van der Waals surface area contributed by atoms with E-state index in [-0.39, 0.29) is 11.8 Å². The number of nitrogens with zero attached hydrogens (tertiary/aromatic N) is 2. The minimum absolute atomic E-state index is 0.0102. The molecule has 0 saturated carbocycles. The van der Waals surface area contributed by atoms with Gasteiger partial charge in [-0.1, -0.05) is 39.3 Å². The Kier molecular flexibility index (Phi) is 7.06. The Morgan fingerprint density at radius 2 is 1.90 bits per heavy atom. The van der Waals surface area contributed by atoms with E-state index in [4.69, 9.17) is 0 Å². The zero-order chi connectivity index (χ0) is 21.0. The van der Waals surface area contributed by atoms with Crippen molar-refractivity contribution < 1.29 is 9.59 Å². The first-order chi connectivity index (χ1) is 13.9. The van der Waals surface area contributed by atoms with E-state index in [0.29, 0.717) is 28.0 Å². The summed E-state index contributed by atoms with van der Waals surface area (Å²) >= 11 is 1.45. The quantitative estimate of drug-likeness (QED) is 0.711. The van der Waals surface area contributed by atoms with Crippen LogP contribution in [0.1, 0.15) is 70.8 Å². The van der Waals surface area contributed by atoms with Crippen LogP contribution in [-0.2, 0) is 6.42 Å². The lowest BCUT2D eigenvalue weighted by molar-refractivity contribution is 0.0624. The van der Waals surface area contributed by atoms with Crippen LogP contribution >= 0.6 is 11.3 Å². The molecule has 6 heteroatoms. The highest BCUT2D eigenvalue weighted by Gasteiger charge is 2.28. The number of carbonyl (C=O) groups is 2. The van der Waals surface area contributed by atoms with Crippen molar-refractivity contribution in [1.29, 1.82) is 0 Å². The maximum Gasteiger partial charge on any atom is 0.267 e. The van der Waals surface area contributed by atoms with Gasteiger partial charge < -0.3 is 10.2 Å². The van der Waals surface area contributed by atoms with E-state index in [0.717, 1.165) is 49.5 Å². The molecule has 1 N–H and O–H groups in total. The molecule has 2 amide bonds. The summed E-state index contributed by atoms with van der Waals surface area (Å²) in [4.78, 5) is 33.2. The van der Waals surface area contributed by atoms with Gasteiger partial charge in [0.05, 0.1) is 22.0 Å². The van der Waals surface area contributed by atoms with Crippen molar-refractivity contribution >= 4 is 28.8 Å². The third-order valence-electron chi connectivity index (χ3n) is 5.35. The van der Waals surface area contributed by atoms with Crippen LogP contribution in [0.25, 0.3) is 0 Å². The molecule has 2 aromatic rings. The fourth-order valence-corrected chi connectivity index (χ4v) is 5.06. The lowest BCUT2D eigenvalue weighted by Gasteiger charge is -2.35. The fourth-order valence-electron chi connectivity index (χ4n) is 4.05. The van der Waals surface area contributed by atoms with Crippen LogP contribution in [0.2, 0.25) is 0 Å². The van der Waals surface area contributed by atoms with Crippen molar-refractivity contribution in [1.82, 2.24) is 9.88 Å². The lowest BCUT2D eigenvalue weighted by atomic mass is 9.91. The van der Waals surface area contributed by atoms with Gasteiger partial charge in [0.1, 0.15) is 4.88 Å². The average molecular weight is 414 g/mol. The van der Waals surface area contributed by atoms with E-state index in [9.17, 15) is 9.59 Å². The van der Waals surface area contributed by atoms with Crippen molar-refractivity contribution in [3.8, 4) is 0 Å². The number of rotatable bonds is 6. The second kappa shape index (κ2) is 9.53. The van der Waals surface area contributed by atoms with Gasteiger partial charge in [-0.25, -0.2) is 4.98 Å². The van der Waals surface area contributed by atoms with Crippen LogP contribution in [0, 0.1) is 18.8 Å². The summed E-state index contributed by atoms with van der Waals surface area (Å²) in [7, 11) is 0. The van der Waals surface area contributed by atoms with Crippen molar-refractivity contribution in [2.24, 2.45) is 11.8 Å². The Morgan fingerprint density at radius 1 is 1.21 bits per heavy atom. The Bertz CT molecular complexity index is 867. The van der Waals surface area contributed by atoms with Crippen LogP contribution in [0.5, 0.6) is 0 Å². The van der Waals surface area contributed by atoms with E-state index in [1.165, 1.54) is 11.3 Å². The molecule has 5 nitrogen and oxygen atoms in total. The number of benzene rings is 1. The largest absolute Gasteiger partial charge is 0.338 e. The molecule has 2 unspecified atom stereocenters. The molecular formula is C23H31N3O2S. The van der Waals surface area contributed by atoms with Crippen molar-refractivity contribution in [3.63, 3.8) is 0 Å². The molecule has 1 aliphatic heterocycles. The number of para-hydroxylation sites is 1. The number of carbonyl (C=O) groups excluding carboxylic acids is 2. The molecule has 2 heterocycles. The molecule has 3 rings (SSSR count). The number of hydrogen-bond donors (Lipinski definition) is 1. The number of likely N-dealkylation sites (tertiary alicyclic amines) is 1. The average Bonchev–Trinajstić information content (AvgIpc) is 3.06. The Hall–Kier alpha value is -2.21. The Balaban J connectivity index is 1.78. The summed E-state index contributed by atoms with van der Waals surface area (Å²) in [6.07, 6.45) is 4.21. The maximum atomic E-state index is 13.2. The van der Waals surface area contributed by atoms with Gasteiger partial charge in [0.15, 0.2) is 0 Å². The molecule has 1 aliphatic rings. The summed E-state index contributed by atoms with van der Waals surface area (Å²) in [5.74, 6) is 0.781. The predicted octanol–water partition coefficient (Wildman–Crippen LogP) is 5.16. The summed E-state index contributed by atoms with van der Waals surface area (Å²) in [6, 6.07) is 7.30. The number of aryl methyl sites for hydroxylation is 2. The maximum absolute atomic E-state index is 13.2. The number of hydrogen-bond acceptors (Lipinski definition) is 4. The number of nitrogens with one attached hydrogen (secondary N) is 1. The first-order valence-electron chi connectivity index (χ1n) is 10.5. The normalized spacial score (nSPS) is 19.2. The van der Waals surface area contributed by atoms with Crippen LogP contribution in [0.3, 0.4) is 0 Å². The molecule has 29 heavy (non-hydrogen) atoms. The van der Waals surface area contributed by atoms with Crippen LogP contribution in [0.15, 0.2) is 24.3 Å². The predicted molar refractivity (Wildman–Crippen MR) is 119 cm³/mol. The first kappa shape index (κ1) is 21.5. The second-order valence-corrected chi connectivity index (χ2v) is 9.37. The van der Waals surface area contributed by atoms with E-state index >= 15 is 0 Å². The van der Waals surface area contributed by atoms with Crippen molar-refractivity contribution in [2.45, 2.75) is 53.4 Å². The molecule has 2 atom stereocenters. The van der Waals surface area contributed by atoms with Crippen molar-refractivity contribution in [2.75, 3.05) is 18.4 Å². The third kappa shape index (κ3) is 5.24. The van der Waals surface area contributed by atoms with Gasteiger partial charge in [0.2, 0.25) is 0 Å². The minimum Gasteiger partial charge on any atom is -0.338 e. The van der Waals surface area contributed by atoms with Gasteiger partial charge in [-0.3, -0.25) is 9.59 Å². The first-order valence-corrected chi connectivity index (χ1v) is 11.4. The zero-order valence-electron chi connectivity index (χ0n) is 17.8. The van der Waals surface area contributed by atoms with Gasteiger partial charge in [0.25, 0.3) is 11.8 Å². The number of piperidine rings is 1. The van der Waals surface area contributed by atoms with Crippen LogP contribution in [0.4, 0.5) is 5.69 Å². The topological polar surface area (TPSA) is 62.3 Å². The minimum atomic E-state index is -0.191. The number of anilines is 1. The summed E-state index contributed by atoms with van der Waals surface area (Å²) in [5.41, 5.74) is 1.87. The SMILES string of the molecule is CCCCc1nc(C)c(C(=O)Nc2ccccc2C(=O)N2CC(C)CC(C)C2)s1. The monoisotopic (exact) mass is 413 g/mol. The number of thiazole rings is 1. The van der Waals surface area contributed by atoms with Crippen molar-refractivity contribution in [3.05, 3.63) is 45.4 Å². The molecule has 1 fully saturated rings. The highest BCUT2D eigenvalue weighted by atomic mass is 32.1. The summed E-state index contributed by atoms with van der Waals surface area (Å²) in [6.45, 7) is 9.92. The van der Waals surface area contributed by atoms with Crippen LogP contribution in [-0.4, -0.2) is 34.8 Å². The van der Waals surface area contributed by atoms with E-state index < -0.39 is 0 Å².